The van der Waals surface area contributed by atoms with Crippen molar-refractivity contribution in [2.45, 2.75) is 32.1 Å². The number of likely N-dealkylation sites (tertiary alicyclic amines) is 1. The SMILES string of the molecule is C=CCCC(=O)N1CCC(F)(F)C(C)C1. The van der Waals surface area contributed by atoms with Crippen LogP contribution in [0.2, 0.25) is 0 Å². The van der Waals surface area contributed by atoms with Gasteiger partial charge in [-0.1, -0.05) is 13.0 Å². The van der Waals surface area contributed by atoms with Crippen molar-refractivity contribution < 1.29 is 13.6 Å². The third kappa shape index (κ3) is 3.01. The van der Waals surface area contributed by atoms with Gasteiger partial charge >= 0.3 is 0 Å². The zero-order valence-electron chi connectivity index (χ0n) is 9.01. The molecule has 0 radical (unpaired) electrons. The van der Waals surface area contributed by atoms with Gasteiger partial charge in [-0.05, 0) is 6.42 Å². The molecule has 0 aromatic rings. The Kier molecular flexibility index (Phi) is 3.83. The number of hydrogen-bond acceptors (Lipinski definition) is 1. The number of halogens is 2. The number of alkyl halides is 2. The summed E-state index contributed by atoms with van der Waals surface area (Å²) in [6.07, 6.45) is 2.44. The van der Waals surface area contributed by atoms with Crippen molar-refractivity contribution in [1.82, 2.24) is 4.90 Å². The number of carbonyl (C=O) groups excluding carboxylic acids is 1. The second kappa shape index (κ2) is 4.73. The van der Waals surface area contributed by atoms with Crippen LogP contribution in [0.15, 0.2) is 12.7 Å². The lowest BCUT2D eigenvalue weighted by atomic mass is 9.95. The molecule has 1 rings (SSSR count). The first kappa shape index (κ1) is 12.1. The van der Waals surface area contributed by atoms with Crippen LogP contribution in [0.3, 0.4) is 0 Å². The van der Waals surface area contributed by atoms with Crippen molar-refractivity contribution in [2.24, 2.45) is 5.92 Å². The highest BCUT2D eigenvalue weighted by Crippen LogP contribution is 2.33. The van der Waals surface area contributed by atoms with E-state index in [-0.39, 0.29) is 25.4 Å². The van der Waals surface area contributed by atoms with Gasteiger partial charge < -0.3 is 4.90 Å². The van der Waals surface area contributed by atoms with Crippen molar-refractivity contribution in [3.63, 3.8) is 0 Å². The second-order valence-electron chi connectivity index (χ2n) is 4.08. The van der Waals surface area contributed by atoms with Crippen LogP contribution in [0, 0.1) is 5.92 Å². The Hall–Kier alpha value is -0.930. The van der Waals surface area contributed by atoms with Gasteiger partial charge in [0, 0.05) is 31.8 Å². The minimum atomic E-state index is -2.62. The van der Waals surface area contributed by atoms with Gasteiger partial charge in [0.25, 0.3) is 5.92 Å². The van der Waals surface area contributed by atoms with Gasteiger partial charge in [-0.25, -0.2) is 8.78 Å². The standard InChI is InChI=1S/C11H17F2NO/c1-3-4-5-10(15)14-7-6-11(12,13)9(2)8-14/h3,9H,1,4-8H2,2H3. The topological polar surface area (TPSA) is 20.3 Å². The molecule has 0 aromatic heterocycles. The summed E-state index contributed by atoms with van der Waals surface area (Å²) < 4.78 is 26.3. The molecule has 1 unspecified atom stereocenters. The van der Waals surface area contributed by atoms with Crippen LogP contribution in [-0.2, 0) is 4.79 Å². The fraction of sp³-hybridized carbons (Fsp3) is 0.727. The van der Waals surface area contributed by atoms with Crippen LogP contribution in [0.25, 0.3) is 0 Å². The predicted molar refractivity (Wildman–Crippen MR) is 54.7 cm³/mol. The minimum Gasteiger partial charge on any atom is -0.342 e. The molecule has 1 aliphatic heterocycles. The zero-order chi connectivity index (χ0) is 11.5. The number of hydrogen-bond donors (Lipinski definition) is 0. The Labute approximate surface area is 88.9 Å². The van der Waals surface area contributed by atoms with E-state index in [0.717, 1.165) is 0 Å². The van der Waals surface area contributed by atoms with Gasteiger partial charge in [0.1, 0.15) is 0 Å². The van der Waals surface area contributed by atoms with Gasteiger partial charge in [0.2, 0.25) is 5.91 Å². The normalized spacial score (nSPS) is 25.0. The molecule has 0 N–H and O–H groups in total. The Morgan fingerprint density at radius 1 is 1.67 bits per heavy atom. The first-order valence-corrected chi connectivity index (χ1v) is 5.24. The highest BCUT2D eigenvalue weighted by atomic mass is 19.3. The summed E-state index contributed by atoms with van der Waals surface area (Å²) >= 11 is 0. The van der Waals surface area contributed by atoms with Gasteiger partial charge in [0.15, 0.2) is 0 Å². The van der Waals surface area contributed by atoms with Crippen LogP contribution < -0.4 is 0 Å². The Bertz CT molecular complexity index is 253. The van der Waals surface area contributed by atoms with E-state index < -0.39 is 11.8 Å². The number of allylic oxidation sites excluding steroid dienone is 1. The lowest BCUT2D eigenvalue weighted by molar-refractivity contribution is -0.143. The van der Waals surface area contributed by atoms with E-state index in [2.05, 4.69) is 6.58 Å². The molecular weight excluding hydrogens is 200 g/mol. The van der Waals surface area contributed by atoms with Crippen LogP contribution in [0.5, 0.6) is 0 Å². The summed E-state index contributed by atoms with van der Waals surface area (Å²) in [5, 5.41) is 0. The Balaban J connectivity index is 2.47. The third-order valence-corrected chi connectivity index (χ3v) is 2.85. The molecule has 0 bridgehead atoms. The van der Waals surface area contributed by atoms with Crippen LogP contribution in [0.4, 0.5) is 8.78 Å². The summed E-state index contributed by atoms with van der Waals surface area (Å²) in [5.41, 5.74) is 0. The van der Waals surface area contributed by atoms with Gasteiger partial charge in [-0.15, -0.1) is 6.58 Å². The number of amides is 1. The minimum absolute atomic E-state index is 0.0442. The first-order chi connectivity index (χ1) is 6.97. The van der Waals surface area contributed by atoms with E-state index >= 15 is 0 Å². The fourth-order valence-corrected chi connectivity index (χ4v) is 1.70. The molecule has 1 saturated heterocycles. The summed E-state index contributed by atoms with van der Waals surface area (Å²) in [5.74, 6) is -3.40. The predicted octanol–water partition coefficient (Wildman–Crippen LogP) is 2.46. The molecule has 86 valence electrons. The second-order valence-corrected chi connectivity index (χ2v) is 4.08. The summed E-state index contributed by atoms with van der Waals surface area (Å²) in [4.78, 5) is 13.1. The van der Waals surface area contributed by atoms with E-state index in [9.17, 15) is 13.6 Å². The van der Waals surface area contributed by atoms with Crippen LogP contribution in [-0.4, -0.2) is 29.8 Å². The van der Waals surface area contributed by atoms with Crippen molar-refractivity contribution in [3.8, 4) is 0 Å². The smallest absolute Gasteiger partial charge is 0.254 e. The van der Waals surface area contributed by atoms with E-state index in [0.29, 0.717) is 12.8 Å². The maximum absolute atomic E-state index is 13.1. The molecule has 0 aliphatic carbocycles. The maximum atomic E-state index is 13.1. The highest BCUT2D eigenvalue weighted by molar-refractivity contribution is 5.76. The van der Waals surface area contributed by atoms with Crippen LogP contribution in [0.1, 0.15) is 26.2 Å². The largest absolute Gasteiger partial charge is 0.342 e. The maximum Gasteiger partial charge on any atom is 0.254 e. The highest BCUT2D eigenvalue weighted by Gasteiger charge is 2.41. The number of nitrogens with zero attached hydrogens (tertiary/aromatic N) is 1. The van der Waals surface area contributed by atoms with Gasteiger partial charge in [-0.3, -0.25) is 4.79 Å². The lowest BCUT2D eigenvalue weighted by Crippen LogP contribution is -2.48. The fourth-order valence-electron chi connectivity index (χ4n) is 1.70. The van der Waals surface area contributed by atoms with Gasteiger partial charge in [-0.2, -0.15) is 0 Å². The molecule has 1 aliphatic rings. The molecule has 0 aromatic carbocycles. The zero-order valence-corrected chi connectivity index (χ0v) is 9.01. The monoisotopic (exact) mass is 217 g/mol. The molecular formula is C11H17F2NO. The number of carbonyl (C=O) groups is 1. The average molecular weight is 217 g/mol. The van der Waals surface area contributed by atoms with E-state index in [1.165, 1.54) is 11.8 Å². The van der Waals surface area contributed by atoms with E-state index in [4.69, 9.17) is 0 Å². The van der Waals surface area contributed by atoms with Crippen molar-refractivity contribution in [2.75, 3.05) is 13.1 Å². The van der Waals surface area contributed by atoms with E-state index in [1.807, 2.05) is 0 Å². The van der Waals surface area contributed by atoms with Crippen molar-refractivity contribution >= 4 is 5.91 Å². The summed E-state index contributed by atoms with van der Waals surface area (Å²) in [6.45, 7) is 5.36. The molecule has 1 atom stereocenters. The average Bonchev–Trinajstić information content (AvgIpc) is 2.18. The number of piperidine rings is 1. The van der Waals surface area contributed by atoms with Crippen molar-refractivity contribution in [1.29, 1.82) is 0 Å². The van der Waals surface area contributed by atoms with E-state index in [1.54, 1.807) is 6.08 Å². The molecule has 1 fully saturated rings. The molecule has 2 nitrogen and oxygen atoms in total. The third-order valence-electron chi connectivity index (χ3n) is 2.85. The molecule has 0 saturated carbocycles. The van der Waals surface area contributed by atoms with Crippen molar-refractivity contribution in [3.05, 3.63) is 12.7 Å². The van der Waals surface area contributed by atoms with Gasteiger partial charge in [0.05, 0.1) is 0 Å². The lowest BCUT2D eigenvalue weighted by Gasteiger charge is -2.36. The molecule has 1 amide bonds. The number of rotatable bonds is 3. The molecule has 1 heterocycles. The Morgan fingerprint density at radius 3 is 2.87 bits per heavy atom. The summed E-state index contributed by atoms with van der Waals surface area (Å²) in [6, 6.07) is 0. The summed E-state index contributed by atoms with van der Waals surface area (Å²) in [7, 11) is 0. The quantitative estimate of drug-likeness (QED) is 0.665. The molecule has 15 heavy (non-hydrogen) atoms. The Morgan fingerprint density at radius 2 is 2.33 bits per heavy atom. The molecule has 4 heteroatoms. The first-order valence-electron chi connectivity index (χ1n) is 5.24. The molecule has 0 spiro atoms. The van der Waals surface area contributed by atoms with Crippen LogP contribution >= 0.6 is 0 Å².